The van der Waals surface area contributed by atoms with Gasteiger partial charge in [0.15, 0.2) is 11.5 Å². The fourth-order valence-corrected chi connectivity index (χ4v) is 1.72. The molecule has 2 aromatic carbocycles. The third kappa shape index (κ3) is 3.04. The van der Waals surface area contributed by atoms with Gasteiger partial charge in [-0.2, -0.15) is 0 Å². The van der Waals surface area contributed by atoms with Crippen molar-refractivity contribution in [1.29, 1.82) is 0 Å². The minimum absolute atomic E-state index is 0.0510. The van der Waals surface area contributed by atoms with Gasteiger partial charge in [-0.1, -0.05) is 12.1 Å². The van der Waals surface area contributed by atoms with E-state index in [4.69, 9.17) is 15.2 Å². The molecular weight excluding hydrogens is 260 g/mol. The molecule has 0 aliphatic carbocycles. The number of hydrogen-bond donors (Lipinski definition) is 1. The molecule has 0 saturated carbocycles. The quantitative estimate of drug-likeness (QED) is 0.669. The molecule has 2 N–H and O–H groups in total. The third-order valence-corrected chi connectivity index (χ3v) is 2.72. The Bertz CT molecular complexity index is 628. The van der Waals surface area contributed by atoms with Crippen molar-refractivity contribution in [2.75, 3.05) is 7.11 Å². The van der Waals surface area contributed by atoms with Crippen LogP contribution in [0.3, 0.4) is 0 Å². The molecule has 0 atom stereocenters. The lowest BCUT2D eigenvalue weighted by atomic mass is 10.2. The number of ether oxygens (including phenoxy) is 2. The van der Waals surface area contributed by atoms with Gasteiger partial charge in [-0.05, 0) is 23.8 Å². The average Bonchev–Trinajstić information content (AvgIpc) is 2.47. The van der Waals surface area contributed by atoms with Gasteiger partial charge in [0, 0.05) is 12.6 Å². The Labute approximate surface area is 115 Å². The lowest BCUT2D eigenvalue weighted by Gasteiger charge is -2.10. The number of non-ortho nitro benzene ring substituents is 1. The summed E-state index contributed by atoms with van der Waals surface area (Å²) in [5.74, 6) is 1.31. The minimum atomic E-state index is -0.485. The average molecular weight is 274 g/mol. The van der Waals surface area contributed by atoms with Crippen LogP contribution in [-0.4, -0.2) is 12.0 Å². The van der Waals surface area contributed by atoms with Crippen LogP contribution in [0.5, 0.6) is 17.2 Å². The van der Waals surface area contributed by atoms with Crippen molar-refractivity contribution in [3.8, 4) is 17.2 Å². The maximum atomic E-state index is 10.7. The van der Waals surface area contributed by atoms with E-state index in [0.29, 0.717) is 23.8 Å². The Morgan fingerprint density at radius 2 is 2.00 bits per heavy atom. The highest BCUT2D eigenvalue weighted by molar-refractivity contribution is 5.50. The lowest BCUT2D eigenvalue weighted by molar-refractivity contribution is -0.384. The zero-order valence-corrected chi connectivity index (χ0v) is 10.9. The summed E-state index contributed by atoms with van der Waals surface area (Å²) in [4.78, 5) is 10.2. The number of benzene rings is 2. The summed E-state index contributed by atoms with van der Waals surface area (Å²) in [6, 6.07) is 11.5. The second kappa shape index (κ2) is 6.03. The zero-order chi connectivity index (χ0) is 14.5. The molecule has 0 radical (unpaired) electrons. The first-order valence-corrected chi connectivity index (χ1v) is 5.93. The molecule has 6 nitrogen and oxygen atoms in total. The van der Waals surface area contributed by atoms with Crippen LogP contribution in [0.15, 0.2) is 42.5 Å². The van der Waals surface area contributed by atoms with Gasteiger partial charge in [-0.3, -0.25) is 10.1 Å². The molecule has 0 aromatic heterocycles. The van der Waals surface area contributed by atoms with Gasteiger partial charge in [0.1, 0.15) is 5.75 Å². The van der Waals surface area contributed by atoms with Crippen molar-refractivity contribution < 1.29 is 14.4 Å². The van der Waals surface area contributed by atoms with Crippen LogP contribution in [0.4, 0.5) is 5.69 Å². The fraction of sp³-hybridized carbons (Fsp3) is 0.143. The fourth-order valence-electron chi connectivity index (χ4n) is 1.72. The predicted molar refractivity (Wildman–Crippen MR) is 74.1 cm³/mol. The summed E-state index contributed by atoms with van der Waals surface area (Å²) >= 11 is 0. The smallest absolute Gasteiger partial charge is 0.273 e. The van der Waals surface area contributed by atoms with E-state index in [0.717, 1.165) is 5.56 Å². The van der Waals surface area contributed by atoms with Crippen molar-refractivity contribution in [2.24, 2.45) is 5.73 Å². The second-order valence-electron chi connectivity index (χ2n) is 4.05. The van der Waals surface area contributed by atoms with Gasteiger partial charge in [0.2, 0.25) is 0 Å². The first kappa shape index (κ1) is 13.8. The summed E-state index contributed by atoms with van der Waals surface area (Å²) in [6.07, 6.45) is 0. The Balaban J connectivity index is 2.30. The SMILES string of the molecule is COc1cc([N+](=O)[O-])ccc1Oc1cccc(CN)c1. The number of nitro groups is 1. The molecule has 0 spiro atoms. The van der Waals surface area contributed by atoms with E-state index in [9.17, 15) is 10.1 Å². The van der Waals surface area contributed by atoms with Crippen molar-refractivity contribution in [3.05, 3.63) is 58.1 Å². The summed E-state index contributed by atoms with van der Waals surface area (Å²) in [6.45, 7) is 0.411. The van der Waals surface area contributed by atoms with Gasteiger partial charge < -0.3 is 15.2 Å². The van der Waals surface area contributed by atoms with Crippen molar-refractivity contribution >= 4 is 5.69 Å². The molecule has 0 amide bonds. The van der Waals surface area contributed by atoms with E-state index in [1.165, 1.54) is 25.3 Å². The lowest BCUT2D eigenvalue weighted by Crippen LogP contribution is -1.97. The van der Waals surface area contributed by atoms with E-state index in [2.05, 4.69) is 0 Å². The van der Waals surface area contributed by atoms with E-state index in [1.807, 2.05) is 12.1 Å². The highest BCUT2D eigenvalue weighted by atomic mass is 16.6. The molecule has 2 rings (SSSR count). The molecular formula is C14H14N2O4. The van der Waals surface area contributed by atoms with Crippen molar-refractivity contribution in [1.82, 2.24) is 0 Å². The first-order valence-electron chi connectivity index (χ1n) is 5.93. The number of rotatable bonds is 5. The van der Waals surface area contributed by atoms with Gasteiger partial charge in [0.05, 0.1) is 18.1 Å². The molecule has 0 aliphatic rings. The van der Waals surface area contributed by atoms with Crippen molar-refractivity contribution in [2.45, 2.75) is 6.54 Å². The molecule has 0 unspecified atom stereocenters. The highest BCUT2D eigenvalue weighted by Gasteiger charge is 2.13. The molecule has 0 fully saturated rings. The summed E-state index contributed by atoms with van der Waals surface area (Å²) < 4.78 is 10.8. The number of nitrogens with zero attached hydrogens (tertiary/aromatic N) is 1. The third-order valence-electron chi connectivity index (χ3n) is 2.72. The van der Waals surface area contributed by atoms with Gasteiger partial charge >= 0.3 is 0 Å². The monoisotopic (exact) mass is 274 g/mol. The van der Waals surface area contributed by atoms with Crippen LogP contribution in [0, 0.1) is 10.1 Å². The van der Waals surface area contributed by atoms with Crippen LogP contribution < -0.4 is 15.2 Å². The van der Waals surface area contributed by atoms with Crippen LogP contribution in [0.25, 0.3) is 0 Å². The predicted octanol–water partition coefficient (Wildman–Crippen LogP) is 2.85. The Morgan fingerprint density at radius 3 is 2.65 bits per heavy atom. The topological polar surface area (TPSA) is 87.6 Å². The first-order chi connectivity index (χ1) is 9.63. The molecule has 104 valence electrons. The maximum Gasteiger partial charge on any atom is 0.273 e. The largest absolute Gasteiger partial charge is 0.493 e. The normalized spacial score (nSPS) is 10.1. The molecule has 2 aromatic rings. The molecule has 6 heteroatoms. The molecule has 20 heavy (non-hydrogen) atoms. The molecule has 0 saturated heterocycles. The van der Waals surface area contributed by atoms with Crippen LogP contribution in [-0.2, 0) is 6.54 Å². The Hall–Kier alpha value is -2.60. The van der Waals surface area contributed by atoms with E-state index < -0.39 is 4.92 Å². The van der Waals surface area contributed by atoms with E-state index >= 15 is 0 Å². The highest BCUT2D eigenvalue weighted by Crippen LogP contribution is 2.34. The second-order valence-corrected chi connectivity index (χ2v) is 4.05. The molecule has 0 aliphatic heterocycles. The summed E-state index contributed by atoms with van der Waals surface area (Å²) in [5.41, 5.74) is 6.45. The van der Waals surface area contributed by atoms with E-state index in [1.54, 1.807) is 12.1 Å². The Kier molecular flexibility index (Phi) is 4.17. The standard InChI is InChI=1S/C14H14N2O4/c1-19-14-8-11(16(17)18)5-6-13(14)20-12-4-2-3-10(7-12)9-15/h2-8H,9,15H2,1H3. The summed E-state index contributed by atoms with van der Waals surface area (Å²) in [7, 11) is 1.43. The number of nitro benzene ring substituents is 1. The zero-order valence-electron chi connectivity index (χ0n) is 10.9. The van der Waals surface area contributed by atoms with Gasteiger partial charge in [-0.15, -0.1) is 0 Å². The van der Waals surface area contributed by atoms with Gasteiger partial charge in [-0.25, -0.2) is 0 Å². The van der Waals surface area contributed by atoms with E-state index in [-0.39, 0.29) is 5.69 Å². The Morgan fingerprint density at radius 1 is 1.20 bits per heavy atom. The number of nitrogens with two attached hydrogens (primary N) is 1. The number of methoxy groups -OCH3 is 1. The summed E-state index contributed by atoms with van der Waals surface area (Å²) in [5, 5.41) is 10.7. The van der Waals surface area contributed by atoms with Crippen molar-refractivity contribution in [3.63, 3.8) is 0 Å². The van der Waals surface area contributed by atoms with Crippen LogP contribution >= 0.6 is 0 Å². The molecule has 0 heterocycles. The van der Waals surface area contributed by atoms with Gasteiger partial charge in [0.25, 0.3) is 5.69 Å². The van der Waals surface area contributed by atoms with Crippen LogP contribution in [0.1, 0.15) is 5.56 Å². The minimum Gasteiger partial charge on any atom is -0.493 e. The maximum absolute atomic E-state index is 10.7. The number of hydrogen-bond acceptors (Lipinski definition) is 5. The van der Waals surface area contributed by atoms with Crippen LogP contribution in [0.2, 0.25) is 0 Å². The molecule has 0 bridgehead atoms.